The van der Waals surface area contributed by atoms with Crippen LogP contribution in [0.2, 0.25) is 0 Å². The Morgan fingerprint density at radius 1 is 1.33 bits per heavy atom. The minimum Gasteiger partial charge on any atom is -0.399 e. The van der Waals surface area contributed by atoms with Gasteiger partial charge in [-0.1, -0.05) is 0 Å². The number of aryl methyl sites for hydroxylation is 1. The second-order valence-corrected chi connectivity index (χ2v) is 6.00. The molecule has 1 aromatic carbocycles. The predicted molar refractivity (Wildman–Crippen MR) is 63.3 cm³/mol. The van der Waals surface area contributed by atoms with Gasteiger partial charge in [-0.2, -0.15) is 0 Å². The Bertz CT molecular complexity index is 452. The SMILES string of the molecule is Cc1cc(NS(=O)(=O)C(C)C)ccc1N. The minimum absolute atomic E-state index is 0.449. The van der Waals surface area contributed by atoms with E-state index in [1.807, 2.05) is 6.92 Å². The van der Waals surface area contributed by atoms with Crippen LogP contribution in [0.15, 0.2) is 18.2 Å². The summed E-state index contributed by atoms with van der Waals surface area (Å²) in [6.45, 7) is 5.10. The summed E-state index contributed by atoms with van der Waals surface area (Å²) in [4.78, 5) is 0. The third kappa shape index (κ3) is 2.86. The monoisotopic (exact) mass is 228 g/mol. The fraction of sp³-hybridized carbons (Fsp3) is 0.400. The Morgan fingerprint density at radius 3 is 2.40 bits per heavy atom. The molecule has 1 rings (SSSR count). The Morgan fingerprint density at radius 2 is 1.93 bits per heavy atom. The van der Waals surface area contributed by atoms with Crippen LogP contribution >= 0.6 is 0 Å². The zero-order chi connectivity index (χ0) is 11.6. The van der Waals surface area contributed by atoms with Crippen LogP contribution < -0.4 is 10.5 Å². The molecule has 3 N–H and O–H groups in total. The van der Waals surface area contributed by atoms with Gasteiger partial charge >= 0.3 is 0 Å². The topological polar surface area (TPSA) is 72.2 Å². The number of anilines is 2. The van der Waals surface area contributed by atoms with Crippen LogP contribution in [0.1, 0.15) is 19.4 Å². The van der Waals surface area contributed by atoms with E-state index in [2.05, 4.69) is 4.72 Å². The highest BCUT2D eigenvalue weighted by atomic mass is 32.2. The van der Waals surface area contributed by atoms with Crippen molar-refractivity contribution in [2.24, 2.45) is 0 Å². The second kappa shape index (κ2) is 4.10. The molecule has 1 aromatic rings. The van der Waals surface area contributed by atoms with Crippen LogP contribution in [-0.2, 0) is 10.0 Å². The molecule has 0 bridgehead atoms. The quantitative estimate of drug-likeness (QED) is 0.774. The van der Waals surface area contributed by atoms with E-state index in [1.54, 1.807) is 32.0 Å². The lowest BCUT2D eigenvalue weighted by Gasteiger charge is -2.11. The molecule has 15 heavy (non-hydrogen) atoms. The van der Waals surface area contributed by atoms with Crippen molar-refractivity contribution in [3.63, 3.8) is 0 Å². The molecule has 0 unspecified atom stereocenters. The van der Waals surface area contributed by atoms with Gasteiger partial charge in [-0.3, -0.25) is 4.72 Å². The largest absolute Gasteiger partial charge is 0.399 e. The maximum Gasteiger partial charge on any atom is 0.235 e. The van der Waals surface area contributed by atoms with Crippen LogP contribution in [0.25, 0.3) is 0 Å². The molecule has 0 saturated heterocycles. The van der Waals surface area contributed by atoms with Crippen molar-refractivity contribution in [3.05, 3.63) is 23.8 Å². The molecule has 0 heterocycles. The van der Waals surface area contributed by atoms with E-state index in [0.29, 0.717) is 11.4 Å². The highest BCUT2D eigenvalue weighted by molar-refractivity contribution is 7.93. The van der Waals surface area contributed by atoms with Crippen molar-refractivity contribution in [2.75, 3.05) is 10.5 Å². The summed E-state index contributed by atoms with van der Waals surface area (Å²) in [6.07, 6.45) is 0. The molecule has 0 saturated carbocycles. The summed E-state index contributed by atoms with van der Waals surface area (Å²) in [6, 6.07) is 5.06. The first-order valence-electron chi connectivity index (χ1n) is 4.70. The molecule has 0 fully saturated rings. The molecule has 84 valence electrons. The zero-order valence-electron chi connectivity index (χ0n) is 9.11. The van der Waals surface area contributed by atoms with Crippen molar-refractivity contribution < 1.29 is 8.42 Å². The first kappa shape index (κ1) is 11.8. The van der Waals surface area contributed by atoms with E-state index in [4.69, 9.17) is 5.73 Å². The number of sulfonamides is 1. The third-order valence-corrected chi connectivity index (χ3v) is 3.91. The van der Waals surface area contributed by atoms with Crippen molar-refractivity contribution in [2.45, 2.75) is 26.0 Å². The van der Waals surface area contributed by atoms with Crippen LogP contribution in [-0.4, -0.2) is 13.7 Å². The first-order valence-corrected chi connectivity index (χ1v) is 6.25. The maximum atomic E-state index is 11.6. The van der Waals surface area contributed by atoms with Gasteiger partial charge in [0.1, 0.15) is 0 Å². The molecule has 0 radical (unpaired) electrons. The average molecular weight is 228 g/mol. The number of hydrogen-bond donors (Lipinski definition) is 2. The van der Waals surface area contributed by atoms with Gasteiger partial charge in [0.2, 0.25) is 10.0 Å². The predicted octanol–water partition coefficient (Wildman–Crippen LogP) is 1.73. The van der Waals surface area contributed by atoms with E-state index in [-0.39, 0.29) is 0 Å². The molecule has 5 heteroatoms. The summed E-state index contributed by atoms with van der Waals surface area (Å²) in [5.74, 6) is 0. The number of hydrogen-bond acceptors (Lipinski definition) is 3. The van der Waals surface area contributed by atoms with Gasteiger partial charge < -0.3 is 5.73 Å². The van der Waals surface area contributed by atoms with Gasteiger partial charge in [-0.05, 0) is 44.5 Å². The lowest BCUT2D eigenvalue weighted by molar-refractivity contribution is 0.593. The van der Waals surface area contributed by atoms with Gasteiger partial charge in [0, 0.05) is 11.4 Å². The van der Waals surface area contributed by atoms with Gasteiger partial charge in [-0.25, -0.2) is 8.42 Å². The number of nitrogens with two attached hydrogens (primary N) is 1. The Balaban J connectivity index is 2.96. The highest BCUT2D eigenvalue weighted by Gasteiger charge is 2.15. The van der Waals surface area contributed by atoms with Crippen molar-refractivity contribution in [3.8, 4) is 0 Å². The molecule has 0 spiro atoms. The standard InChI is InChI=1S/C10H16N2O2S/c1-7(2)15(13,14)12-9-4-5-10(11)8(3)6-9/h4-7,12H,11H2,1-3H3. The van der Waals surface area contributed by atoms with Crippen molar-refractivity contribution in [1.29, 1.82) is 0 Å². The van der Waals surface area contributed by atoms with Crippen LogP contribution in [0.5, 0.6) is 0 Å². The van der Waals surface area contributed by atoms with Gasteiger partial charge in [0.25, 0.3) is 0 Å². The molecule has 0 aliphatic carbocycles. The molecule has 0 aromatic heterocycles. The average Bonchev–Trinajstić information content (AvgIpc) is 2.10. The number of nitrogen functional groups attached to an aromatic ring is 1. The number of nitrogens with one attached hydrogen (secondary N) is 1. The molecular weight excluding hydrogens is 212 g/mol. The summed E-state index contributed by atoms with van der Waals surface area (Å²) in [5, 5.41) is -0.449. The molecule has 0 atom stereocenters. The Labute approximate surface area is 90.5 Å². The summed E-state index contributed by atoms with van der Waals surface area (Å²) in [5.41, 5.74) is 7.70. The Kier molecular flexibility index (Phi) is 3.24. The highest BCUT2D eigenvalue weighted by Crippen LogP contribution is 2.18. The fourth-order valence-electron chi connectivity index (χ4n) is 1.02. The zero-order valence-corrected chi connectivity index (χ0v) is 9.93. The smallest absolute Gasteiger partial charge is 0.235 e. The summed E-state index contributed by atoms with van der Waals surface area (Å²) >= 11 is 0. The molecule has 0 aliphatic rings. The normalized spacial score (nSPS) is 11.7. The summed E-state index contributed by atoms with van der Waals surface area (Å²) < 4.78 is 25.6. The van der Waals surface area contributed by atoms with Crippen LogP contribution in [0.4, 0.5) is 11.4 Å². The van der Waals surface area contributed by atoms with Gasteiger partial charge in [-0.15, -0.1) is 0 Å². The maximum absolute atomic E-state index is 11.6. The lowest BCUT2D eigenvalue weighted by Crippen LogP contribution is -2.22. The minimum atomic E-state index is -3.27. The van der Waals surface area contributed by atoms with E-state index >= 15 is 0 Å². The second-order valence-electron chi connectivity index (χ2n) is 3.77. The lowest BCUT2D eigenvalue weighted by atomic mass is 10.2. The van der Waals surface area contributed by atoms with E-state index < -0.39 is 15.3 Å². The van der Waals surface area contributed by atoms with Crippen LogP contribution in [0, 0.1) is 6.92 Å². The van der Waals surface area contributed by atoms with E-state index in [1.165, 1.54) is 0 Å². The van der Waals surface area contributed by atoms with E-state index in [9.17, 15) is 8.42 Å². The molecule has 0 aliphatic heterocycles. The number of benzene rings is 1. The van der Waals surface area contributed by atoms with Crippen molar-refractivity contribution in [1.82, 2.24) is 0 Å². The molecule has 4 nitrogen and oxygen atoms in total. The molecule has 0 amide bonds. The van der Waals surface area contributed by atoms with E-state index in [0.717, 1.165) is 5.56 Å². The van der Waals surface area contributed by atoms with Gasteiger partial charge in [0.15, 0.2) is 0 Å². The number of rotatable bonds is 3. The third-order valence-electron chi connectivity index (χ3n) is 2.15. The Hall–Kier alpha value is -1.23. The van der Waals surface area contributed by atoms with Crippen LogP contribution in [0.3, 0.4) is 0 Å². The summed E-state index contributed by atoms with van der Waals surface area (Å²) in [7, 11) is -3.27. The first-order chi connectivity index (χ1) is 6.83. The van der Waals surface area contributed by atoms with Gasteiger partial charge in [0.05, 0.1) is 5.25 Å². The van der Waals surface area contributed by atoms with Crippen molar-refractivity contribution >= 4 is 21.4 Å². The molecular formula is C10H16N2O2S. The fourth-order valence-corrected chi connectivity index (χ4v) is 1.71.